The summed E-state index contributed by atoms with van der Waals surface area (Å²) < 4.78 is 4.94. The van der Waals surface area contributed by atoms with Crippen LogP contribution in [0, 0.1) is 5.92 Å². The number of nitrogens with zero attached hydrogens (tertiary/aromatic N) is 3. The van der Waals surface area contributed by atoms with E-state index in [2.05, 4.69) is 15.5 Å². The predicted molar refractivity (Wildman–Crippen MR) is 111 cm³/mol. The molecular weight excluding hydrogens is 398 g/mol. The minimum Gasteiger partial charge on any atom is -0.363 e. The first-order valence-electron chi connectivity index (χ1n) is 10.7. The van der Waals surface area contributed by atoms with Crippen molar-refractivity contribution in [1.29, 1.82) is 0 Å². The SMILES string of the molecule is CCC[C@H](Cc1cc(C(N)=O)on1)C(=O)N[C@@H]1C(=O)N2CCCN2Cc2ccccc21. The molecule has 0 bridgehead atoms. The predicted octanol–water partition coefficient (Wildman–Crippen LogP) is 1.55. The lowest BCUT2D eigenvalue weighted by Gasteiger charge is -2.28. The van der Waals surface area contributed by atoms with Gasteiger partial charge in [-0.2, -0.15) is 0 Å². The Labute approximate surface area is 180 Å². The Morgan fingerprint density at radius 2 is 2.13 bits per heavy atom. The van der Waals surface area contributed by atoms with Crippen LogP contribution >= 0.6 is 0 Å². The van der Waals surface area contributed by atoms with Crippen molar-refractivity contribution in [2.24, 2.45) is 11.7 Å². The number of aromatic nitrogens is 1. The monoisotopic (exact) mass is 425 g/mol. The minimum atomic E-state index is -0.732. The number of fused-ring (bicyclic) bond motifs is 2. The number of primary amides is 1. The van der Waals surface area contributed by atoms with Gasteiger partial charge in [0, 0.05) is 38.0 Å². The summed E-state index contributed by atoms with van der Waals surface area (Å²) in [5.41, 5.74) is 7.58. The van der Waals surface area contributed by atoms with Crippen LogP contribution in [0.5, 0.6) is 0 Å². The molecule has 1 aromatic heterocycles. The van der Waals surface area contributed by atoms with E-state index in [1.54, 1.807) is 5.01 Å². The number of carbonyl (C=O) groups is 3. The van der Waals surface area contributed by atoms with E-state index >= 15 is 0 Å². The third kappa shape index (κ3) is 4.32. The molecule has 2 aliphatic rings. The smallest absolute Gasteiger partial charge is 0.287 e. The summed E-state index contributed by atoms with van der Waals surface area (Å²) in [6.45, 7) is 4.13. The molecule has 0 saturated carbocycles. The van der Waals surface area contributed by atoms with Crippen LogP contribution in [-0.2, 0) is 22.6 Å². The summed E-state index contributed by atoms with van der Waals surface area (Å²) >= 11 is 0. The molecule has 2 atom stereocenters. The molecule has 1 saturated heterocycles. The number of nitrogens with one attached hydrogen (secondary N) is 1. The van der Waals surface area contributed by atoms with Crippen LogP contribution in [0.25, 0.3) is 0 Å². The zero-order chi connectivity index (χ0) is 22.0. The average Bonchev–Trinajstić information content (AvgIpc) is 3.39. The number of benzene rings is 1. The lowest BCUT2D eigenvalue weighted by molar-refractivity contribution is -0.148. The normalized spacial score (nSPS) is 19.5. The first kappa shape index (κ1) is 21.0. The third-order valence-electron chi connectivity index (χ3n) is 5.90. The number of hydrogen-bond donors (Lipinski definition) is 2. The van der Waals surface area contributed by atoms with E-state index in [1.165, 1.54) is 6.07 Å². The van der Waals surface area contributed by atoms with Gasteiger partial charge in [0.05, 0.1) is 5.69 Å². The Morgan fingerprint density at radius 1 is 1.32 bits per heavy atom. The van der Waals surface area contributed by atoms with Crippen molar-refractivity contribution >= 4 is 17.7 Å². The van der Waals surface area contributed by atoms with Crippen molar-refractivity contribution in [2.75, 3.05) is 13.1 Å². The Morgan fingerprint density at radius 3 is 2.87 bits per heavy atom. The lowest BCUT2D eigenvalue weighted by Crippen LogP contribution is -2.46. The molecule has 164 valence electrons. The van der Waals surface area contributed by atoms with Gasteiger partial charge < -0.3 is 15.6 Å². The largest absolute Gasteiger partial charge is 0.363 e. The van der Waals surface area contributed by atoms with Gasteiger partial charge in [0.1, 0.15) is 6.04 Å². The fourth-order valence-corrected chi connectivity index (χ4v) is 4.37. The quantitative estimate of drug-likeness (QED) is 0.694. The van der Waals surface area contributed by atoms with Gasteiger partial charge >= 0.3 is 0 Å². The maximum Gasteiger partial charge on any atom is 0.287 e. The average molecular weight is 425 g/mol. The Kier molecular flexibility index (Phi) is 6.03. The summed E-state index contributed by atoms with van der Waals surface area (Å²) in [5.74, 6) is -1.47. The second kappa shape index (κ2) is 8.89. The zero-order valence-electron chi connectivity index (χ0n) is 17.5. The van der Waals surface area contributed by atoms with Gasteiger partial charge in [-0.15, -0.1) is 0 Å². The third-order valence-corrected chi connectivity index (χ3v) is 5.90. The van der Waals surface area contributed by atoms with E-state index < -0.39 is 17.9 Å². The maximum atomic E-state index is 13.3. The van der Waals surface area contributed by atoms with E-state index in [4.69, 9.17) is 10.3 Å². The Hall–Kier alpha value is -3.20. The molecule has 3 heterocycles. The molecule has 0 spiro atoms. The fourth-order valence-electron chi connectivity index (χ4n) is 4.37. The van der Waals surface area contributed by atoms with Gasteiger partial charge in [0.2, 0.25) is 11.7 Å². The molecule has 1 aromatic carbocycles. The molecule has 1 fully saturated rings. The molecule has 9 nitrogen and oxygen atoms in total. The molecule has 4 rings (SSSR count). The number of hydrogen-bond acceptors (Lipinski definition) is 6. The van der Waals surface area contributed by atoms with Crippen molar-refractivity contribution in [3.63, 3.8) is 0 Å². The molecule has 2 aromatic rings. The van der Waals surface area contributed by atoms with E-state index in [0.717, 1.165) is 30.5 Å². The van der Waals surface area contributed by atoms with Crippen LogP contribution in [0.4, 0.5) is 0 Å². The lowest BCUT2D eigenvalue weighted by atomic mass is 9.94. The summed E-state index contributed by atoms with van der Waals surface area (Å²) in [7, 11) is 0. The number of nitrogens with two attached hydrogens (primary N) is 1. The van der Waals surface area contributed by atoms with Crippen molar-refractivity contribution in [3.05, 3.63) is 52.9 Å². The molecule has 3 amide bonds. The molecule has 9 heteroatoms. The topological polar surface area (TPSA) is 122 Å². The number of rotatable bonds is 7. The molecule has 3 N–H and O–H groups in total. The van der Waals surface area contributed by atoms with E-state index in [0.29, 0.717) is 31.6 Å². The van der Waals surface area contributed by atoms with Gasteiger partial charge in [0.15, 0.2) is 0 Å². The second-order valence-corrected chi connectivity index (χ2v) is 8.08. The number of amides is 3. The Balaban J connectivity index is 1.56. The van der Waals surface area contributed by atoms with Crippen LogP contribution in [0.15, 0.2) is 34.9 Å². The van der Waals surface area contributed by atoms with Crippen molar-refractivity contribution < 1.29 is 18.9 Å². The van der Waals surface area contributed by atoms with Crippen molar-refractivity contribution in [1.82, 2.24) is 20.5 Å². The first-order valence-corrected chi connectivity index (χ1v) is 10.7. The molecule has 0 unspecified atom stereocenters. The van der Waals surface area contributed by atoms with Gasteiger partial charge in [-0.1, -0.05) is 42.8 Å². The Bertz CT molecular complexity index is 988. The number of hydrazine groups is 1. The standard InChI is InChI=1S/C22H27N5O4/c1-2-6-14(11-16-12-18(20(23)28)31-25-16)21(29)24-19-17-8-4-3-7-15(17)13-26-9-5-10-27(26)22(19)30/h3-4,7-8,12,14,19H,2,5-6,9-11,13H2,1H3,(H2,23,28)(H,24,29)/t14-,19+/m1/s1. The summed E-state index contributed by atoms with van der Waals surface area (Å²) in [6, 6.07) is 8.49. The van der Waals surface area contributed by atoms with Crippen LogP contribution in [0.1, 0.15) is 59.6 Å². The van der Waals surface area contributed by atoms with Gasteiger partial charge in [-0.05, 0) is 24.0 Å². The second-order valence-electron chi connectivity index (χ2n) is 8.08. The highest BCUT2D eigenvalue weighted by atomic mass is 16.5. The van der Waals surface area contributed by atoms with Crippen LogP contribution in [0.3, 0.4) is 0 Å². The van der Waals surface area contributed by atoms with Crippen LogP contribution in [0.2, 0.25) is 0 Å². The number of carbonyl (C=O) groups excluding carboxylic acids is 3. The highest BCUT2D eigenvalue weighted by Gasteiger charge is 2.38. The molecular formula is C22H27N5O4. The molecule has 31 heavy (non-hydrogen) atoms. The van der Waals surface area contributed by atoms with E-state index in [1.807, 2.05) is 31.2 Å². The maximum absolute atomic E-state index is 13.3. The van der Waals surface area contributed by atoms with Gasteiger partial charge in [-0.25, -0.2) is 5.01 Å². The van der Waals surface area contributed by atoms with E-state index in [9.17, 15) is 14.4 Å². The summed E-state index contributed by atoms with van der Waals surface area (Å²) in [6.07, 6.45) is 2.62. The molecule has 2 aliphatic heterocycles. The van der Waals surface area contributed by atoms with Crippen LogP contribution in [-0.4, -0.2) is 46.0 Å². The van der Waals surface area contributed by atoms with E-state index in [-0.39, 0.29) is 17.6 Å². The minimum absolute atomic E-state index is 0.0346. The first-order chi connectivity index (χ1) is 15.0. The highest BCUT2D eigenvalue weighted by Crippen LogP contribution is 2.30. The van der Waals surface area contributed by atoms with Gasteiger partial charge in [0.25, 0.3) is 11.8 Å². The van der Waals surface area contributed by atoms with Crippen LogP contribution < -0.4 is 11.1 Å². The van der Waals surface area contributed by atoms with Gasteiger partial charge in [-0.3, -0.25) is 19.4 Å². The zero-order valence-corrected chi connectivity index (χ0v) is 17.5. The fraction of sp³-hybridized carbons (Fsp3) is 0.455. The summed E-state index contributed by atoms with van der Waals surface area (Å²) in [4.78, 5) is 37.9. The molecule has 0 radical (unpaired) electrons. The highest BCUT2D eigenvalue weighted by molar-refractivity contribution is 5.91. The van der Waals surface area contributed by atoms with Crippen molar-refractivity contribution in [3.8, 4) is 0 Å². The molecule has 0 aliphatic carbocycles. The van der Waals surface area contributed by atoms with Crippen molar-refractivity contribution in [2.45, 2.75) is 45.2 Å². The summed E-state index contributed by atoms with van der Waals surface area (Å²) in [5, 5.41) is 10.7.